The molecule has 0 aliphatic carbocycles. The van der Waals surface area contributed by atoms with E-state index in [0.29, 0.717) is 11.3 Å². The zero-order valence-electron chi connectivity index (χ0n) is 5.70. The van der Waals surface area contributed by atoms with Crippen molar-refractivity contribution < 1.29 is 5.11 Å². The van der Waals surface area contributed by atoms with Crippen LogP contribution in [-0.2, 0) is 0 Å². The van der Waals surface area contributed by atoms with Crippen molar-refractivity contribution in [3.8, 4) is 0 Å². The smallest absolute Gasteiger partial charge is 0.204 e. The quantitative estimate of drug-likeness (QED) is 0.422. The molecule has 1 heterocycles. The molecule has 0 saturated heterocycles. The number of nitrogens with zero attached hydrogens (tertiary/aromatic N) is 2. The summed E-state index contributed by atoms with van der Waals surface area (Å²) in [6, 6.07) is 0. The van der Waals surface area contributed by atoms with Crippen molar-refractivity contribution in [2.75, 3.05) is 6.61 Å². The largest absolute Gasteiger partial charge is 0.390 e. The normalized spacial score (nSPS) is 22.4. The summed E-state index contributed by atoms with van der Waals surface area (Å²) in [6.45, 7) is 1.54. The van der Waals surface area contributed by atoms with Crippen LogP contribution in [0.3, 0.4) is 0 Å². The Bertz CT molecular complexity index is 206. The molecule has 1 rings (SSSR count). The van der Waals surface area contributed by atoms with Crippen molar-refractivity contribution in [1.29, 1.82) is 0 Å². The van der Waals surface area contributed by atoms with E-state index >= 15 is 0 Å². The molecule has 0 radical (unpaired) electrons. The fraction of sp³-hybridized carbons (Fsp3) is 0.600. The van der Waals surface area contributed by atoms with Crippen molar-refractivity contribution in [2.45, 2.75) is 12.7 Å². The predicted octanol–water partition coefficient (Wildman–Crippen LogP) is -0.710. The maximum atomic E-state index is 8.65. The lowest BCUT2D eigenvalue weighted by Crippen LogP contribution is -2.47. The molecule has 56 valence electrons. The fourth-order valence-electron chi connectivity index (χ4n) is 0.674. The van der Waals surface area contributed by atoms with Crippen LogP contribution in [0.5, 0.6) is 0 Å². The van der Waals surface area contributed by atoms with Gasteiger partial charge < -0.3 is 5.11 Å². The van der Waals surface area contributed by atoms with E-state index in [-0.39, 0.29) is 6.61 Å². The molecule has 0 aromatic carbocycles. The van der Waals surface area contributed by atoms with Gasteiger partial charge in [0, 0.05) is 5.57 Å². The van der Waals surface area contributed by atoms with Crippen LogP contribution in [0.2, 0.25) is 0 Å². The Labute approximate surface area is 58.4 Å². The van der Waals surface area contributed by atoms with Gasteiger partial charge in [-0.2, -0.15) is 5.11 Å². The monoisotopic (exact) mass is 142 g/mol. The van der Waals surface area contributed by atoms with Gasteiger partial charge in [0.05, 0.1) is 12.3 Å². The summed E-state index contributed by atoms with van der Waals surface area (Å²) >= 11 is 0. The van der Waals surface area contributed by atoms with Gasteiger partial charge in [0.1, 0.15) is 0 Å². The second kappa shape index (κ2) is 2.12. The minimum absolute atomic E-state index is 0.161. The molecule has 0 atom stereocenters. The highest BCUT2D eigenvalue weighted by atomic mass is 16.3. The van der Waals surface area contributed by atoms with Gasteiger partial charge in [-0.3, -0.25) is 11.5 Å². The third-order valence-electron chi connectivity index (χ3n) is 1.52. The molecule has 5 heteroatoms. The summed E-state index contributed by atoms with van der Waals surface area (Å²) in [6.07, 6.45) is 0. The van der Waals surface area contributed by atoms with E-state index in [1.165, 1.54) is 0 Å². The topological polar surface area (TPSA) is 97.0 Å². The average molecular weight is 142 g/mol. The molecule has 0 amide bonds. The van der Waals surface area contributed by atoms with Gasteiger partial charge >= 0.3 is 0 Å². The first-order chi connectivity index (χ1) is 4.58. The van der Waals surface area contributed by atoms with Crippen molar-refractivity contribution in [3.63, 3.8) is 0 Å². The fourth-order valence-corrected chi connectivity index (χ4v) is 0.674. The van der Waals surface area contributed by atoms with E-state index in [4.69, 9.17) is 16.6 Å². The maximum Gasteiger partial charge on any atom is 0.204 e. The molecule has 1 aliphatic heterocycles. The zero-order valence-corrected chi connectivity index (χ0v) is 5.70. The molecule has 5 N–H and O–H groups in total. The number of aliphatic hydroxyl groups excluding tert-OH is 1. The molecule has 0 fully saturated rings. The van der Waals surface area contributed by atoms with Crippen molar-refractivity contribution in [3.05, 3.63) is 11.3 Å². The summed E-state index contributed by atoms with van der Waals surface area (Å²) < 4.78 is 0. The molecule has 0 aromatic heterocycles. The summed E-state index contributed by atoms with van der Waals surface area (Å²) in [5.41, 5.74) is 12.0. The van der Waals surface area contributed by atoms with Crippen LogP contribution < -0.4 is 11.5 Å². The standard InChI is InChI=1S/C5H10N4O/c1-3-4(2-10)8-9-5(3,6)7/h10H,2,6-7H2,1H3. The highest BCUT2D eigenvalue weighted by Crippen LogP contribution is 2.22. The number of aliphatic hydroxyl groups is 1. The first kappa shape index (κ1) is 7.33. The Morgan fingerprint density at radius 2 is 2.20 bits per heavy atom. The summed E-state index contributed by atoms with van der Waals surface area (Å²) in [5.74, 6) is -1.20. The Morgan fingerprint density at radius 3 is 2.40 bits per heavy atom. The molecular weight excluding hydrogens is 132 g/mol. The third kappa shape index (κ3) is 0.942. The molecule has 0 aromatic rings. The van der Waals surface area contributed by atoms with Gasteiger partial charge in [-0.1, -0.05) is 0 Å². The van der Waals surface area contributed by atoms with Gasteiger partial charge in [-0.05, 0) is 6.92 Å². The van der Waals surface area contributed by atoms with Crippen molar-refractivity contribution in [2.24, 2.45) is 21.7 Å². The molecule has 5 nitrogen and oxygen atoms in total. The molecule has 0 bridgehead atoms. The molecule has 0 saturated carbocycles. The van der Waals surface area contributed by atoms with Crippen molar-refractivity contribution in [1.82, 2.24) is 0 Å². The minimum atomic E-state index is -1.20. The second-order valence-corrected chi connectivity index (χ2v) is 2.26. The molecule has 1 aliphatic rings. The SMILES string of the molecule is CC1=C(CO)N=NC1(N)N. The molecule has 10 heavy (non-hydrogen) atoms. The molecule has 0 unspecified atom stereocenters. The van der Waals surface area contributed by atoms with E-state index in [1.807, 2.05) is 0 Å². The van der Waals surface area contributed by atoms with Gasteiger partial charge in [0.25, 0.3) is 0 Å². The Balaban J connectivity index is 2.95. The first-order valence-electron chi connectivity index (χ1n) is 2.89. The highest BCUT2D eigenvalue weighted by molar-refractivity contribution is 5.24. The van der Waals surface area contributed by atoms with E-state index in [2.05, 4.69) is 10.2 Å². The molecular formula is C5H10N4O. The van der Waals surface area contributed by atoms with Crippen LogP contribution in [0.15, 0.2) is 21.5 Å². The van der Waals surface area contributed by atoms with Crippen LogP contribution in [0.25, 0.3) is 0 Å². The zero-order chi connectivity index (χ0) is 7.78. The maximum absolute atomic E-state index is 8.65. The minimum Gasteiger partial charge on any atom is -0.390 e. The predicted molar refractivity (Wildman–Crippen MR) is 35.7 cm³/mol. The summed E-state index contributed by atoms with van der Waals surface area (Å²) in [4.78, 5) is 0. The van der Waals surface area contributed by atoms with Crippen LogP contribution >= 0.6 is 0 Å². The lowest BCUT2D eigenvalue weighted by Gasteiger charge is -2.13. The van der Waals surface area contributed by atoms with Crippen LogP contribution in [0.4, 0.5) is 0 Å². The first-order valence-corrected chi connectivity index (χ1v) is 2.89. The van der Waals surface area contributed by atoms with Crippen molar-refractivity contribution >= 4 is 0 Å². The average Bonchev–Trinajstić information content (AvgIpc) is 2.10. The summed E-state index contributed by atoms with van der Waals surface area (Å²) in [7, 11) is 0. The summed E-state index contributed by atoms with van der Waals surface area (Å²) in [5, 5.41) is 15.8. The Hall–Kier alpha value is -0.780. The lowest BCUT2D eigenvalue weighted by molar-refractivity contribution is 0.328. The number of hydrogen-bond acceptors (Lipinski definition) is 5. The third-order valence-corrected chi connectivity index (χ3v) is 1.52. The van der Waals surface area contributed by atoms with Gasteiger partial charge in [-0.25, -0.2) is 0 Å². The lowest BCUT2D eigenvalue weighted by atomic mass is 10.1. The number of rotatable bonds is 1. The van der Waals surface area contributed by atoms with E-state index < -0.39 is 5.79 Å². The Kier molecular flexibility index (Phi) is 1.55. The van der Waals surface area contributed by atoms with Gasteiger partial charge in [0.15, 0.2) is 0 Å². The molecule has 0 spiro atoms. The van der Waals surface area contributed by atoms with Crippen LogP contribution in [0, 0.1) is 0 Å². The number of nitrogens with two attached hydrogens (primary N) is 2. The van der Waals surface area contributed by atoms with Crippen LogP contribution in [-0.4, -0.2) is 17.5 Å². The highest BCUT2D eigenvalue weighted by Gasteiger charge is 2.28. The van der Waals surface area contributed by atoms with E-state index in [9.17, 15) is 0 Å². The van der Waals surface area contributed by atoms with Gasteiger partial charge in [-0.15, -0.1) is 5.11 Å². The van der Waals surface area contributed by atoms with Gasteiger partial charge in [0.2, 0.25) is 5.79 Å². The van der Waals surface area contributed by atoms with E-state index in [0.717, 1.165) is 0 Å². The van der Waals surface area contributed by atoms with Crippen LogP contribution in [0.1, 0.15) is 6.92 Å². The second-order valence-electron chi connectivity index (χ2n) is 2.26. The van der Waals surface area contributed by atoms with E-state index in [1.54, 1.807) is 6.92 Å². The number of azo groups is 1. The number of hydrogen-bond donors (Lipinski definition) is 3. The Morgan fingerprint density at radius 1 is 1.60 bits per heavy atom.